The fraction of sp³-hybridized carbons (Fsp3) is 0.310. The van der Waals surface area contributed by atoms with Crippen molar-refractivity contribution < 1.29 is 9.59 Å². The van der Waals surface area contributed by atoms with Gasteiger partial charge in [0.2, 0.25) is 11.8 Å². The lowest BCUT2D eigenvalue weighted by atomic mass is 10.0. The minimum absolute atomic E-state index is 0.0579. The maximum Gasteiger partial charge on any atom is 0.243 e. The number of nitrogens with one attached hydrogen (secondary N) is 1. The topological polar surface area (TPSA) is 49.4 Å². The summed E-state index contributed by atoms with van der Waals surface area (Å²) in [6.45, 7) is 3.08. The first-order chi connectivity index (χ1) is 17.1. The molecule has 1 N–H and O–H groups in total. The average Bonchev–Trinajstić information content (AvgIpc) is 2.88. The molecule has 6 heteroatoms. The fourth-order valence-corrected chi connectivity index (χ4v) is 4.98. The van der Waals surface area contributed by atoms with Gasteiger partial charge < -0.3 is 10.2 Å². The molecule has 35 heavy (non-hydrogen) atoms. The first-order valence-electron chi connectivity index (χ1n) is 12.0. The highest BCUT2D eigenvalue weighted by atomic mass is 35.5. The van der Waals surface area contributed by atoms with Crippen LogP contribution in [-0.4, -0.2) is 35.1 Å². The van der Waals surface area contributed by atoms with E-state index in [0.717, 1.165) is 29.5 Å². The molecule has 0 aliphatic heterocycles. The summed E-state index contributed by atoms with van der Waals surface area (Å²) in [5.74, 6) is 0.738. The minimum atomic E-state index is -0.595. The van der Waals surface area contributed by atoms with E-state index in [-0.39, 0.29) is 17.6 Å². The smallest absolute Gasteiger partial charge is 0.243 e. The highest BCUT2D eigenvalue weighted by molar-refractivity contribution is 7.99. The molecular formula is C29H33ClN2O2S. The fourth-order valence-electron chi connectivity index (χ4n) is 3.79. The van der Waals surface area contributed by atoms with Crippen LogP contribution >= 0.6 is 23.4 Å². The van der Waals surface area contributed by atoms with Gasteiger partial charge >= 0.3 is 0 Å². The van der Waals surface area contributed by atoms with E-state index in [0.29, 0.717) is 30.3 Å². The molecular weight excluding hydrogens is 476 g/mol. The Labute approximate surface area is 218 Å². The molecule has 0 aliphatic carbocycles. The van der Waals surface area contributed by atoms with Crippen LogP contribution in [0.2, 0.25) is 5.02 Å². The van der Waals surface area contributed by atoms with Crippen LogP contribution in [0.15, 0.2) is 84.9 Å². The van der Waals surface area contributed by atoms with Gasteiger partial charge in [-0.2, -0.15) is 0 Å². The van der Waals surface area contributed by atoms with E-state index in [2.05, 4.69) is 12.2 Å². The summed E-state index contributed by atoms with van der Waals surface area (Å²) in [5.41, 5.74) is 3.02. The van der Waals surface area contributed by atoms with E-state index < -0.39 is 6.04 Å². The van der Waals surface area contributed by atoms with Crippen LogP contribution < -0.4 is 5.32 Å². The number of hydrogen-bond acceptors (Lipinski definition) is 3. The van der Waals surface area contributed by atoms with Crippen molar-refractivity contribution in [3.63, 3.8) is 0 Å². The second kappa shape index (κ2) is 14.6. The molecule has 0 bridgehead atoms. The van der Waals surface area contributed by atoms with Crippen LogP contribution in [0.4, 0.5) is 0 Å². The number of benzene rings is 3. The maximum atomic E-state index is 13.6. The molecule has 0 aromatic heterocycles. The highest BCUT2D eigenvalue weighted by Crippen LogP contribution is 2.22. The first kappa shape index (κ1) is 26.8. The Hall–Kier alpha value is -2.76. The molecule has 0 radical (unpaired) electrons. The molecule has 0 saturated heterocycles. The van der Waals surface area contributed by atoms with Gasteiger partial charge in [-0.25, -0.2) is 0 Å². The van der Waals surface area contributed by atoms with Crippen LogP contribution in [0.25, 0.3) is 0 Å². The van der Waals surface area contributed by atoms with Crippen molar-refractivity contribution in [1.29, 1.82) is 0 Å². The monoisotopic (exact) mass is 508 g/mol. The number of thioether (sulfide) groups is 1. The lowest BCUT2D eigenvalue weighted by Gasteiger charge is -2.31. The van der Waals surface area contributed by atoms with Gasteiger partial charge in [0, 0.05) is 30.3 Å². The number of hydrogen-bond donors (Lipinski definition) is 1. The second-order valence-electron chi connectivity index (χ2n) is 8.44. The minimum Gasteiger partial charge on any atom is -0.354 e. The lowest BCUT2D eigenvalue weighted by Crippen LogP contribution is -2.51. The number of halogens is 1. The average molecular weight is 509 g/mol. The number of unbranched alkanes of at least 4 members (excludes halogenated alkanes) is 1. The lowest BCUT2D eigenvalue weighted by molar-refractivity contribution is -0.139. The van der Waals surface area contributed by atoms with Crippen molar-refractivity contribution in [1.82, 2.24) is 10.2 Å². The summed E-state index contributed by atoms with van der Waals surface area (Å²) in [5, 5.41) is 3.76. The molecule has 2 amide bonds. The van der Waals surface area contributed by atoms with E-state index in [1.165, 1.54) is 11.8 Å². The third-order valence-electron chi connectivity index (χ3n) is 5.74. The van der Waals surface area contributed by atoms with E-state index in [1.54, 1.807) is 4.90 Å². The number of carbonyl (C=O) groups is 2. The largest absolute Gasteiger partial charge is 0.354 e. The predicted octanol–water partition coefficient (Wildman–Crippen LogP) is 6.13. The van der Waals surface area contributed by atoms with Gasteiger partial charge in [0.15, 0.2) is 0 Å². The molecule has 3 rings (SSSR count). The number of rotatable bonds is 13. The molecule has 184 valence electrons. The van der Waals surface area contributed by atoms with Gasteiger partial charge in [-0.05, 0) is 29.2 Å². The Morgan fingerprint density at radius 3 is 2.20 bits per heavy atom. The van der Waals surface area contributed by atoms with Crippen molar-refractivity contribution in [2.75, 3.05) is 12.3 Å². The first-order valence-corrected chi connectivity index (χ1v) is 13.6. The molecule has 3 aromatic carbocycles. The third-order valence-corrected chi connectivity index (χ3v) is 7.07. The van der Waals surface area contributed by atoms with Crippen molar-refractivity contribution in [2.24, 2.45) is 0 Å². The zero-order chi connectivity index (χ0) is 24.9. The Balaban J connectivity index is 1.81. The Morgan fingerprint density at radius 2 is 1.54 bits per heavy atom. The Bertz CT molecular complexity index is 1060. The summed E-state index contributed by atoms with van der Waals surface area (Å²) < 4.78 is 0. The van der Waals surface area contributed by atoms with Crippen LogP contribution in [0.3, 0.4) is 0 Å². The van der Waals surface area contributed by atoms with Crippen LogP contribution in [0.5, 0.6) is 0 Å². The van der Waals surface area contributed by atoms with E-state index >= 15 is 0 Å². The van der Waals surface area contributed by atoms with Gasteiger partial charge in [-0.3, -0.25) is 9.59 Å². The van der Waals surface area contributed by atoms with Crippen LogP contribution in [-0.2, 0) is 28.3 Å². The molecule has 0 spiro atoms. The molecule has 0 saturated carbocycles. The summed E-state index contributed by atoms with van der Waals surface area (Å²) in [4.78, 5) is 28.7. The third kappa shape index (κ3) is 8.75. The standard InChI is InChI=1S/C29H33ClN2O2S/c1-2-3-18-31-29(34)27(19-23-12-6-4-7-13-23)32(20-24-14-8-5-9-15-24)28(33)22-35-21-25-16-10-11-17-26(25)30/h4-17,27H,2-3,18-22H2,1H3,(H,31,34)/t27-/m0/s1. The Morgan fingerprint density at radius 1 is 0.914 bits per heavy atom. The number of carbonyl (C=O) groups excluding carboxylic acids is 2. The molecule has 3 aromatic rings. The summed E-state index contributed by atoms with van der Waals surface area (Å²) in [6, 6.07) is 26.8. The summed E-state index contributed by atoms with van der Waals surface area (Å²) in [6.07, 6.45) is 2.37. The van der Waals surface area contributed by atoms with Gasteiger partial charge in [0.25, 0.3) is 0 Å². The zero-order valence-corrected chi connectivity index (χ0v) is 21.7. The van der Waals surface area contributed by atoms with Crippen molar-refractivity contribution in [3.05, 3.63) is 107 Å². The van der Waals surface area contributed by atoms with Crippen molar-refractivity contribution >= 4 is 35.2 Å². The molecule has 4 nitrogen and oxygen atoms in total. The Kier molecular flexibility index (Phi) is 11.2. The van der Waals surface area contributed by atoms with Gasteiger partial charge in [-0.15, -0.1) is 11.8 Å². The molecule has 0 fully saturated rings. The predicted molar refractivity (Wildman–Crippen MR) is 146 cm³/mol. The normalized spacial score (nSPS) is 11.6. The molecule has 1 atom stereocenters. The quantitative estimate of drug-likeness (QED) is 0.282. The van der Waals surface area contributed by atoms with E-state index in [4.69, 9.17) is 11.6 Å². The van der Waals surface area contributed by atoms with Gasteiger partial charge in [0.1, 0.15) is 6.04 Å². The maximum absolute atomic E-state index is 13.6. The van der Waals surface area contributed by atoms with Crippen molar-refractivity contribution in [2.45, 2.75) is 44.5 Å². The molecule has 0 aliphatic rings. The summed E-state index contributed by atoms with van der Waals surface area (Å²) in [7, 11) is 0. The van der Waals surface area contributed by atoms with Crippen LogP contribution in [0.1, 0.15) is 36.5 Å². The van der Waals surface area contributed by atoms with Gasteiger partial charge in [0.05, 0.1) is 5.75 Å². The van der Waals surface area contributed by atoms with E-state index in [1.807, 2.05) is 84.9 Å². The van der Waals surface area contributed by atoms with Crippen molar-refractivity contribution in [3.8, 4) is 0 Å². The second-order valence-corrected chi connectivity index (χ2v) is 9.83. The van der Waals surface area contributed by atoms with E-state index in [9.17, 15) is 9.59 Å². The number of amides is 2. The van der Waals surface area contributed by atoms with Crippen LogP contribution in [0, 0.1) is 0 Å². The zero-order valence-electron chi connectivity index (χ0n) is 20.2. The van der Waals surface area contributed by atoms with Gasteiger partial charge in [-0.1, -0.05) is 104 Å². The molecule has 0 heterocycles. The SMILES string of the molecule is CCCCNC(=O)[C@H](Cc1ccccc1)N(Cc1ccccc1)C(=O)CSCc1ccccc1Cl. The highest BCUT2D eigenvalue weighted by Gasteiger charge is 2.30. The summed E-state index contributed by atoms with van der Waals surface area (Å²) >= 11 is 7.81. The number of nitrogens with zero attached hydrogens (tertiary/aromatic N) is 1. The molecule has 0 unspecified atom stereocenters.